The van der Waals surface area contributed by atoms with Crippen molar-refractivity contribution in [2.45, 2.75) is 16.2 Å². The summed E-state index contributed by atoms with van der Waals surface area (Å²) in [5.74, 6) is -1.69. The van der Waals surface area contributed by atoms with Crippen molar-refractivity contribution in [1.29, 1.82) is 0 Å². The average molecular weight is 483 g/mol. The van der Waals surface area contributed by atoms with Crippen molar-refractivity contribution < 1.29 is 30.4 Å². The zero-order valence-corrected chi connectivity index (χ0v) is 18.7. The maximum Gasteiger partial charge on any atom is 0.322 e. The summed E-state index contributed by atoms with van der Waals surface area (Å²) in [6.07, 6.45) is -0.380. The average Bonchev–Trinajstić information content (AvgIpc) is 3.21. The lowest BCUT2D eigenvalue weighted by Crippen LogP contribution is -2.22. The Morgan fingerprint density at radius 1 is 0.969 bits per heavy atom. The van der Waals surface area contributed by atoms with Gasteiger partial charge in [0.05, 0.1) is 15.5 Å². The molecule has 0 saturated carbocycles. The Bertz CT molecular complexity index is 1320. The highest BCUT2D eigenvalue weighted by atomic mass is 32.2. The number of halogens is 1. The Balaban J connectivity index is 1.62. The van der Waals surface area contributed by atoms with Crippen LogP contribution in [0.4, 0.5) is 10.4 Å². The minimum absolute atomic E-state index is 0.0352. The number of nitrogens with one attached hydrogen (secondary N) is 1. The van der Waals surface area contributed by atoms with E-state index < -0.39 is 37.3 Å². The number of anilines is 1. The molecule has 1 amide bonds. The van der Waals surface area contributed by atoms with Crippen molar-refractivity contribution in [3.8, 4) is 11.5 Å². The molecule has 2 aromatic carbocycles. The standard InChI is InChI=1S/C19H19FN4O6S2/c1-24(2)32(28,29)16-7-3-13(4-8-16)18-22-23-19(30-18)21-17(25)11-12-31(26,27)15-9-5-14(20)6-10-15/h3-10H,11-12H2,1-2H3,(H,21,23,25). The molecule has 0 unspecified atom stereocenters. The van der Waals surface area contributed by atoms with E-state index >= 15 is 0 Å². The maximum atomic E-state index is 12.9. The predicted molar refractivity (Wildman–Crippen MR) is 112 cm³/mol. The summed E-state index contributed by atoms with van der Waals surface area (Å²) < 4.78 is 68.0. The van der Waals surface area contributed by atoms with Crippen LogP contribution in [-0.2, 0) is 24.7 Å². The number of hydrogen-bond donors (Lipinski definition) is 1. The van der Waals surface area contributed by atoms with Gasteiger partial charge in [0, 0.05) is 26.1 Å². The molecule has 170 valence electrons. The molecule has 0 spiro atoms. The highest BCUT2D eigenvalue weighted by molar-refractivity contribution is 7.91. The van der Waals surface area contributed by atoms with Gasteiger partial charge in [-0.25, -0.2) is 25.5 Å². The number of carbonyl (C=O) groups excluding carboxylic acids is 1. The van der Waals surface area contributed by atoms with Crippen LogP contribution in [0.2, 0.25) is 0 Å². The van der Waals surface area contributed by atoms with E-state index in [0.29, 0.717) is 5.56 Å². The lowest BCUT2D eigenvalue weighted by atomic mass is 10.2. The number of carbonyl (C=O) groups is 1. The molecule has 0 fully saturated rings. The minimum atomic E-state index is -3.77. The second kappa shape index (κ2) is 9.14. The van der Waals surface area contributed by atoms with E-state index in [1.807, 2.05) is 0 Å². The van der Waals surface area contributed by atoms with Gasteiger partial charge in [0.1, 0.15) is 5.82 Å². The predicted octanol–water partition coefficient (Wildman–Crippen LogP) is 1.93. The molecule has 1 heterocycles. The van der Waals surface area contributed by atoms with Crippen molar-refractivity contribution in [2.75, 3.05) is 25.2 Å². The molecular weight excluding hydrogens is 463 g/mol. The van der Waals surface area contributed by atoms with Crippen LogP contribution in [0.3, 0.4) is 0 Å². The van der Waals surface area contributed by atoms with E-state index in [-0.39, 0.29) is 28.1 Å². The number of aromatic nitrogens is 2. The first-order valence-electron chi connectivity index (χ1n) is 9.14. The number of benzene rings is 2. The Hall–Kier alpha value is -3.16. The van der Waals surface area contributed by atoms with E-state index in [2.05, 4.69) is 15.5 Å². The van der Waals surface area contributed by atoms with Gasteiger partial charge in [-0.05, 0) is 48.5 Å². The normalized spacial score (nSPS) is 12.1. The Morgan fingerprint density at radius 3 is 2.16 bits per heavy atom. The second-order valence-electron chi connectivity index (χ2n) is 6.80. The molecular formula is C19H19FN4O6S2. The van der Waals surface area contributed by atoms with Crippen molar-refractivity contribution in [3.05, 3.63) is 54.3 Å². The molecule has 0 radical (unpaired) electrons. The Morgan fingerprint density at radius 2 is 1.56 bits per heavy atom. The molecule has 13 heteroatoms. The van der Waals surface area contributed by atoms with Crippen LogP contribution in [0, 0.1) is 5.82 Å². The maximum absolute atomic E-state index is 12.9. The molecule has 3 aromatic rings. The summed E-state index contributed by atoms with van der Waals surface area (Å²) in [6.45, 7) is 0. The van der Waals surface area contributed by atoms with E-state index in [0.717, 1.165) is 28.6 Å². The molecule has 0 saturated heterocycles. The van der Waals surface area contributed by atoms with Crippen LogP contribution < -0.4 is 5.32 Å². The molecule has 0 aliphatic heterocycles. The van der Waals surface area contributed by atoms with Gasteiger partial charge in [-0.1, -0.05) is 5.10 Å². The Labute approximate surface area is 184 Å². The van der Waals surface area contributed by atoms with Crippen molar-refractivity contribution in [2.24, 2.45) is 0 Å². The summed E-state index contributed by atoms with van der Waals surface area (Å²) in [6, 6.07) is 9.78. The molecule has 3 rings (SSSR count). The molecule has 0 aliphatic carbocycles. The summed E-state index contributed by atoms with van der Waals surface area (Å²) in [4.78, 5) is 12.1. The smallest absolute Gasteiger partial charge is 0.322 e. The van der Waals surface area contributed by atoms with Crippen LogP contribution >= 0.6 is 0 Å². The third kappa shape index (κ3) is 5.36. The number of nitrogens with zero attached hydrogens (tertiary/aromatic N) is 3. The quantitative estimate of drug-likeness (QED) is 0.481. The van der Waals surface area contributed by atoms with Gasteiger partial charge in [0.25, 0.3) is 0 Å². The second-order valence-corrected chi connectivity index (χ2v) is 11.1. The first-order valence-corrected chi connectivity index (χ1v) is 12.2. The number of sulfonamides is 1. The first kappa shape index (κ1) is 23.5. The van der Waals surface area contributed by atoms with Gasteiger partial charge in [0.15, 0.2) is 9.84 Å². The number of rotatable bonds is 8. The van der Waals surface area contributed by atoms with E-state index in [1.54, 1.807) is 0 Å². The fraction of sp³-hybridized carbons (Fsp3) is 0.211. The number of sulfone groups is 1. The van der Waals surface area contributed by atoms with Crippen LogP contribution in [0.25, 0.3) is 11.5 Å². The molecule has 32 heavy (non-hydrogen) atoms. The van der Waals surface area contributed by atoms with Gasteiger partial charge >= 0.3 is 6.01 Å². The number of amides is 1. The van der Waals surface area contributed by atoms with Gasteiger partial charge < -0.3 is 4.42 Å². The zero-order chi connectivity index (χ0) is 23.5. The largest absolute Gasteiger partial charge is 0.403 e. The Kier molecular flexibility index (Phi) is 6.71. The molecule has 0 bridgehead atoms. The van der Waals surface area contributed by atoms with E-state index in [9.17, 15) is 26.0 Å². The topological polar surface area (TPSA) is 140 Å². The van der Waals surface area contributed by atoms with Crippen molar-refractivity contribution >= 4 is 31.8 Å². The first-order chi connectivity index (χ1) is 15.0. The minimum Gasteiger partial charge on any atom is -0.403 e. The fourth-order valence-corrected chi connectivity index (χ4v) is 4.68. The summed E-state index contributed by atoms with van der Waals surface area (Å²) >= 11 is 0. The van der Waals surface area contributed by atoms with Gasteiger partial charge in [-0.15, -0.1) is 5.10 Å². The van der Waals surface area contributed by atoms with Crippen LogP contribution in [-0.4, -0.2) is 57.1 Å². The summed E-state index contributed by atoms with van der Waals surface area (Å²) in [5.41, 5.74) is 0.426. The molecule has 1 N–H and O–H groups in total. The molecule has 10 nitrogen and oxygen atoms in total. The van der Waals surface area contributed by atoms with Gasteiger partial charge in [-0.2, -0.15) is 0 Å². The monoisotopic (exact) mass is 482 g/mol. The molecule has 0 aliphatic rings. The highest BCUT2D eigenvalue weighted by Gasteiger charge is 2.19. The van der Waals surface area contributed by atoms with Crippen LogP contribution in [0.15, 0.2) is 62.7 Å². The fourth-order valence-electron chi connectivity index (χ4n) is 2.54. The van der Waals surface area contributed by atoms with Crippen molar-refractivity contribution in [1.82, 2.24) is 14.5 Å². The van der Waals surface area contributed by atoms with Crippen LogP contribution in [0.1, 0.15) is 6.42 Å². The van der Waals surface area contributed by atoms with Gasteiger partial charge in [-0.3, -0.25) is 10.1 Å². The summed E-state index contributed by atoms with van der Waals surface area (Å²) in [7, 11) is -4.52. The third-order valence-corrected chi connectivity index (χ3v) is 7.88. The van der Waals surface area contributed by atoms with Crippen molar-refractivity contribution in [3.63, 3.8) is 0 Å². The SMILES string of the molecule is CN(C)S(=O)(=O)c1ccc(-c2nnc(NC(=O)CCS(=O)(=O)c3ccc(F)cc3)o2)cc1. The van der Waals surface area contributed by atoms with E-state index in [1.165, 1.54) is 38.4 Å². The third-order valence-electron chi connectivity index (χ3n) is 4.32. The zero-order valence-electron chi connectivity index (χ0n) is 17.0. The molecule has 0 atom stereocenters. The van der Waals surface area contributed by atoms with Gasteiger partial charge in [0.2, 0.25) is 21.8 Å². The lowest BCUT2D eigenvalue weighted by molar-refractivity contribution is -0.116. The van der Waals surface area contributed by atoms with Crippen LogP contribution in [0.5, 0.6) is 0 Å². The summed E-state index contributed by atoms with van der Waals surface area (Å²) in [5, 5.41) is 9.77. The lowest BCUT2D eigenvalue weighted by Gasteiger charge is -2.11. The van der Waals surface area contributed by atoms with E-state index in [4.69, 9.17) is 4.42 Å². The highest BCUT2D eigenvalue weighted by Crippen LogP contribution is 2.23. The molecule has 1 aromatic heterocycles. The number of hydrogen-bond acceptors (Lipinski definition) is 8.